The molecule has 0 radical (unpaired) electrons. The molecule has 0 bridgehead atoms. The van der Waals surface area contributed by atoms with Gasteiger partial charge in [0.25, 0.3) is 5.91 Å². The highest BCUT2D eigenvalue weighted by atomic mass is 19.1. The standard InChI is InChI=1S/C21H19FN2O4/c1-2-14-7-9-15(10-8-14)27-13-20(25)23-24-21(26)19-12-11-18(28-19)16-5-3-4-6-17(16)22/h3-12H,2,13H2,1H3,(H,23,25)(H,24,26). The normalized spacial score (nSPS) is 10.4. The van der Waals surface area contributed by atoms with E-state index < -0.39 is 17.6 Å². The Morgan fingerprint density at radius 1 is 1.00 bits per heavy atom. The van der Waals surface area contributed by atoms with Gasteiger partial charge < -0.3 is 9.15 Å². The van der Waals surface area contributed by atoms with E-state index in [4.69, 9.17) is 9.15 Å². The van der Waals surface area contributed by atoms with Gasteiger partial charge in [0.15, 0.2) is 12.4 Å². The molecule has 1 aromatic heterocycles. The molecule has 0 aliphatic rings. The van der Waals surface area contributed by atoms with Gasteiger partial charge in [-0.1, -0.05) is 31.2 Å². The number of carbonyl (C=O) groups excluding carboxylic acids is 2. The first-order valence-corrected chi connectivity index (χ1v) is 8.72. The highest BCUT2D eigenvalue weighted by molar-refractivity contribution is 5.93. The van der Waals surface area contributed by atoms with E-state index in [1.165, 1.54) is 18.2 Å². The lowest BCUT2D eigenvalue weighted by molar-refractivity contribution is -0.123. The van der Waals surface area contributed by atoms with Gasteiger partial charge in [0.05, 0.1) is 5.56 Å². The average molecular weight is 382 g/mol. The number of hydrogen-bond donors (Lipinski definition) is 2. The summed E-state index contributed by atoms with van der Waals surface area (Å²) in [6.07, 6.45) is 0.915. The first-order valence-electron chi connectivity index (χ1n) is 8.72. The minimum Gasteiger partial charge on any atom is -0.484 e. The Balaban J connectivity index is 1.49. The highest BCUT2D eigenvalue weighted by Gasteiger charge is 2.15. The number of nitrogens with one attached hydrogen (secondary N) is 2. The van der Waals surface area contributed by atoms with Crippen molar-refractivity contribution in [3.05, 3.63) is 77.8 Å². The second-order valence-corrected chi connectivity index (χ2v) is 5.93. The van der Waals surface area contributed by atoms with E-state index in [2.05, 4.69) is 10.9 Å². The number of ether oxygens (including phenoxy) is 1. The largest absolute Gasteiger partial charge is 0.484 e. The lowest BCUT2D eigenvalue weighted by atomic mass is 10.1. The van der Waals surface area contributed by atoms with Gasteiger partial charge in [0.2, 0.25) is 0 Å². The maximum atomic E-state index is 13.8. The summed E-state index contributed by atoms with van der Waals surface area (Å²) in [5.74, 6) is -0.944. The van der Waals surface area contributed by atoms with Crippen LogP contribution in [0.25, 0.3) is 11.3 Å². The molecule has 0 saturated carbocycles. The van der Waals surface area contributed by atoms with Gasteiger partial charge in [-0.15, -0.1) is 0 Å². The molecule has 0 spiro atoms. The maximum absolute atomic E-state index is 13.8. The number of hydrazine groups is 1. The number of furan rings is 1. The van der Waals surface area contributed by atoms with Crippen LogP contribution in [0.1, 0.15) is 23.0 Å². The monoisotopic (exact) mass is 382 g/mol. The topological polar surface area (TPSA) is 80.6 Å². The fourth-order valence-electron chi connectivity index (χ4n) is 2.46. The molecular weight excluding hydrogens is 363 g/mol. The van der Waals surface area contributed by atoms with E-state index in [0.29, 0.717) is 5.75 Å². The van der Waals surface area contributed by atoms with Crippen molar-refractivity contribution < 1.29 is 23.1 Å². The molecule has 2 amide bonds. The molecule has 7 heteroatoms. The molecule has 0 unspecified atom stereocenters. The number of amides is 2. The molecule has 0 saturated heterocycles. The summed E-state index contributed by atoms with van der Waals surface area (Å²) in [7, 11) is 0. The molecule has 2 aromatic carbocycles. The van der Waals surface area contributed by atoms with E-state index >= 15 is 0 Å². The minimum absolute atomic E-state index is 0.0605. The third kappa shape index (κ3) is 4.76. The Morgan fingerprint density at radius 3 is 2.46 bits per heavy atom. The van der Waals surface area contributed by atoms with Crippen molar-refractivity contribution in [3.63, 3.8) is 0 Å². The van der Waals surface area contributed by atoms with Crippen molar-refractivity contribution in [2.45, 2.75) is 13.3 Å². The molecule has 1 heterocycles. The van der Waals surface area contributed by atoms with Crippen LogP contribution in [0, 0.1) is 5.82 Å². The van der Waals surface area contributed by atoms with E-state index in [0.717, 1.165) is 12.0 Å². The summed E-state index contributed by atoms with van der Waals surface area (Å²) in [4.78, 5) is 23.9. The fourth-order valence-corrected chi connectivity index (χ4v) is 2.46. The first kappa shape index (κ1) is 19.2. The Bertz CT molecular complexity index is 967. The van der Waals surface area contributed by atoms with Gasteiger partial charge in [-0.05, 0) is 48.4 Å². The van der Waals surface area contributed by atoms with Crippen LogP contribution in [-0.4, -0.2) is 18.4 Å². The summed E-state index contributed by atoms with van der Waals surface area (Å²) in [5, 5.41) is 0. The van der Waals surface area contributed by atoms with Crippen molar-refractivity contribution >= 4 is 11.8 Å². The number of rotatable bonds is 6. The molecular formula is C21H19FN2O4. The minimum atomic E-state index is -0.664. The lowest BCUT2D eigenvalue weighted by Crippen LogP contribution is -2.43. The highest BCUT2D eigenvalue weighted by Crippen LogP contribution is 2.24. The Labute approximate surface area is 161 Å². The van der Waals surface area contributed by atoms with Crippen molar-refractivity contribution in [2.24, 2.45) is 0 Å². The van der Waals surface area contributed by atoms with Gasteiger partial charge >= 0.3 is 5.91 Å². The number of halogens is 1. The van der Waals surface area contributed by atoms with Crippen LogP contribution in [0.5, 0.6) is 5.75 Å². The summed E-state index contributed by atoms with van der Waals surface area (Å²) >= 11 is 0. The Hall–Kier alpha value is -3.61. The molecule has 3 rings (SSSR count). The third-order valence-corrected chi connectivity index (χ3v) is 3.99. The zero-order chi connectivity index (χ0) is 19.9. The zero-order valence-electron chi connectivity index (χ0n) is 15.2. The summed E-state index contributed by atoms with van der Waals surface area (Å²) in [5.41, 5.74) is 5.87. The van der Waals surface area contributed by atoms with Crippen molar-refractivity contribution in [1.29, 1.82) is 0 Å². The second kappa shape index (κ2) is 8.85. The predicted molar refractivity (Wildman–Crippen MR) is 101 cm³/mol. The van der Waals surface area contributed by atoms with Crippen molar-refractivity contribution in [1.82, 2.24) is 10.9 Å². The SMILES string of the molecule is CCc1ccc(OCC(=O)NNC(=O)c2ccc(-c3ccccc3F)o2)cc1. The molecule has 0 aliphatic heterocycles. The molecule has 2 N–H and O–H groups in total. The quantitative estimate of drug-likeness (QED) is 0.640. The summed E-state index contributed by atoms with van der Waals surface area (Å²) < 4.78 is 24.5. The van der Waals surface area contributed by atoms with Gasteiger partial charge in [0, 0.05) is 0 Å². The molecule has 28 heavy (non-hydrogen) atoms. The van der Waals surface area contributed by atoms with Crippen LogP contribution in [0.4, 0.5) is 4.39 Å². The van der Waals surface area contributed by atoms with E-state index in [1.54, 1.807) is 30.3 Å². The Morgan fingerprint density at radius 2 is 1.75 bits per heavy atom. The molecule has 6 nitrogen and oxygen atoms in total. The molecule has 3 aromatic rings. The zero-order valence-corrected chi connectivity index (χ0v) is 15.2. The lowest BCUT2D eigenvalue weighted by Gasteiger charge is -2.08. The van der Waals surface area contributed by atoms with Gasteiger partial charge in [0.1, 0.15) is 17.3 Å². The van der Waals surface area contributed by atoms with Gasteiger partial charge in [-0.2, -0.15) is 0 Å². The Kier molecular flexibility index (Phi) is 6.06. The predicted octanol–water partition coefficient (Wildman–Crippen LogP) is 3.49. The van der Waals surface area contributed by atoms with Crippen LogP contribution in [-0.2, 0) is 11.2 Å². The maximum Gasteiger partial charge on any atom is 0.305 e. The fraction of sp³-hybridized carbons (Fsp3) is 0.143. The van der Waals surface area contributed by atoms with E-state index in [-0.39, 0.29) is 23.7 Å². The van der Waals surface area contributed by atoms with Crippen LogP contribution >= 0.6 is 0 Å². The molecule has 0 aliphatic carbocycles. The van der Waals surface area contributed by atoms with Crippen LogP contribution in [0.2, 0.25) is 0 Å². The van der Waals surface area contributed by atoms with Crippen LogP contribution in [0.15, 0.2) is 65.1 Å². The van der Waals surface area contributed by atoms with E-state index in [9.17, 15) is 14.0 Å². The smallest absolute Gasteiger partial charge is 0.305 e. The van der Waals surface area contributed by atoms with Gasteiger partial charge in [-0.3, -0.25) is 20.4 Å². The summed E-state index contributed by atoms with van der Waals surface area (Å²) in [6.45, 7) is 1.79. The number of aryl methyl sites for hydroxylation is 1. The first-order chi connectivity index (χ1) is 13.6. The number of hydrogen-bond acceptors (Lipinski definition) is 4. The molecule has 0 fully saturated rings. The second-order valence-electron chi connectivity index (χ2n) is 5.93. The van der Waals surface area contributed by atoms with Crippen LogP contribution in [0.3, 0.4) is 0 Å². The van der Waals surface area contributed by atoms with E-state index in [1.807, 2.05) is 19.1 Å². The molecule has 0 atom stereocenters. The average Bonchev–Trinajstić information content (AvgIpc) is 3.21. The molecule has 144 valence electrons. The van der Waals surface area contributed by atoms with Gasteiger partial charge in [-0.25, -0.2) is 4.39 Å². The van der Waals surface area contributed by atoms with Crippen molar-refractivity contribution in [3.8, 4) is 17.1 Å². The van der Waals surface area contributed by atoms with Crippen molar-refractivity contribution in [2.75, 3.05) is 6.61 Å². The number of carbonyl (C=O) groups is 2. The van der Waals surface area contributed by atoms with Crippen LogP contribution < -0.4 is 15.6 Å². The number of benzene rings is 2. The third-order valence-electron chi connectivity index (χ3n) is 3.99. The summed E-state index contributed by atoms with van der Waals surface area (Å²) in [6, 6.07) is 16.3.